The molecular weight excluding hydrogens is 478 g/mol. The second-order valence-electron chi connectivity index (χ2n) is 8.10. The van der Waals surface area contributed by atoms with Crippen molar-refractivity contribution in [2.24, 2.45) is 5.92 Å². The lowest BCUT2D eigenvalue weighted by atomic mass is 9.90. The summed E-state index contributed by atoms with van der Waals surface area (Å²) in [6.45, 7) is 1.87. The number of sulfonamides is 1. The van der Waals surface area contributed by atoms with E-state index in [4.69, 9.17) is 11.6 Å². The van der Waals surface area contributed by atoms with Gasteiger partial charge in [-0.3, -0.25) is 4.79 Å². The van der Waals surface area contributed by atoms with Crippen molar-refractivity contribution in [3.05, 3.63) is 95.0 Å². The van der Waals surface area contributed by atoms with Crippen LogP contribution in [0.15, 0.2) is 88.7 Å². The minimum Gasteiger partial charge on any atom is -0.481 e. The Balaban J connectivity index is 1.76. The lowest BCUT2D eigenvalue weighted by Gasteiger charge is -2.41. The van der Waals surface area contributed by atoms with E-state index in [2.05, 4.69) is 0 Å². The number of carbonyl (C=O) groups is 1. The molecule has 5 nitrogen and oxygen atoms in total. The van der Waals surface area contributed by atoms with Crippen LogP contribution in [0.5, 0.6) is 0 Å². The van der Waals surface area contributed by atoms with Gasteiger partial charge in [-0.25, -0.2) is 8.42 Å². The summed E-state index contributed by atoms with van der Waals surface area (Å²) in [5.41, 5.74) is 1.92. The topological polar surface area (TPSA) is 74.7 Å². The zero-order chi connectivity index (χ0) is 23.6. The number of benzene rings is 3. The quantitative estimate of drug-likeness (QED) is 0.472. The number of hydrogen-bond acceptors (Lipinski definition) is 4. The predicted molar refractivity (Wildman–Crippen MR) is 131 cm³/mol. The highest BCUT2D eigenvalue weighted by molar-refractivity contribution is 8.00. The molecule has 1 saturated heterocycles. The second-order valence-corrected chi connectivity index (χ2v) is 11.7. The van der Waals surface area contributed by atoms with Gasteiger partial charge in [0, 0.05) is 21.7 Å². The molecule has 0 spiro atoms. The first-order chi connectivity index (χ1) is 15.8. The minimum atomic E-state index is -3.95. The number of carboxylic acids is 1. The monoisotopic (exact) mass is 501 g/mol. The third-order valence-corrected chi connectivity index (χ3v) is 9.37. The zero-order valence-corrected chi connectivity index (χ0v) is 20.4. The van der Waals surface area contributed by atoms with E-state index in [0.717, 1.165) is 16.0 Å². The van der Waals surface area contributed by atoms with E-state index in [-0.39, 0.29) is 16.7 Å². The van der Waals surface area contributed by atoms with Gasteiger partial charge in [0.1, 0.15) is 0 Å². The lowest BCUT2D eigenvalue weighted by molar-refractivity contribution is -0.143. The number of aryl methyl sites for hydroxylation is 1. The maximum Gasteiger partial charge on any atom is 0.308 e. The number of nitrogens with zero attached hydrogens (tertiary/aromatic N) is 1. The average molecular weight is 502 g/mol. The summed E-state index contributed by atoms with van der Waals surface area (Å²) in [5, 5.41) is 10.2. The molecular formula is C25H24ClNO4S2. The minimum absolute atomic E-state index is 0.0994. The molecule has 1 fully saturated rings. The van der Waals surface area contributed by atoms with Gasteiger partial charge in [-0.1, -0.05) is 59.6 Å². The molecule has 0 radical (unpaired) electrons. The number of hydrogen-bond donors (Lipinski definition) is 1. The molecule has 0 unspecified atom stereocenters. The van der Waals surface area contributed by atoms with Crippen molar-refractivity contribution < 1.29 is 18.3 Å². The molecule has 1 N–H and O–H groups in total. The molecule has 1 heterocycles. The summed E-state index contributed by atoms with van der Waals surface area (Å²) in [6, 6.07) is 22.9. The van der Waals surface area contributed by atoms with Gasteiger partial charge < -0.3 is 5.11 Å². The highest BCUT2D eigenvalue weighted by atomic mass is 35.5. The zero-order valence-electron chi connectivity index (χ0n) is 18.0. The fourth-order valence-electron chi connectivity index (χ4n) is 4.08. The lowest BCUT2D eigenvalue weighted by Crippen LogP contribution is -2.49. The summed E-state index contributed by atoms with van der Waals surface area (Å²) in [6.07, 6.45) is 0.381. The average Bonchev–Trinajstić information content (AvgIpc) is 2.80. The maximum atomic E-state index is 13.7. The largest absolute Gasteiger partial charge is 0.481 e. The number of rotatable bonds is 6. The van der Waals surface area contributed by atoms with E-state index in [1.54, 1.807) is 0 Å². The van der Waals surface area contributed by atoms with Gasteiger partial charge in [-0.05, 0) is 55.3 Å². The number of carboxylic acid groups (broad SMARTS) is 1. The van der Waals surface area contributed by atoms with Crippen LogP contribution < -0.4 is 0 Å². The third kappa shape index (κ3) is 5.27. The van der Waals surface area contributed by atoms with Crippen LogP contribution >= 0.6 is 23.4 Å². The van der Waals surface area contributed by atoms with E-state index in [0.29, 0.717) is 11.4 Å². The molecule has 1 aliphatic rings. The van der Waals surface area contributed by atoms with Crippen LogP contribution in [0, 0.1) is 12.8 Å². The van der Waals surface area contributed by atoms with Crippen LogP contribution in [0.3, 0.4) is 0 Å². The van der Waals surface area contributed by atoms with Gasteiger partial charge in [-0.15, -0.1) is 11.8 Å². The molecule has 3 aromatic rings. The second kappa shape index (κ2) is 9.89. The first-order valence-electron chi connectivity index (χ1n) is 10.5. The van der Waals surface area contributed by atoms with Gasteiger partial charge >= 0.3 is 5.97 Å². The Labute approximate surface area is 203 Å². The van der Waals surface area contributed by atoms with E-state index in [1.165, 1.54) is 40.3 Å². The van der Waals surface area contributed by atoms with E-state index >= 15 is 0 Å². The van der Waals surface area contributed by atoms with Crippen LogP contribution in [0.1, 0.15) is 23.6 Å². The fraction of sp³-hybridized carbons (Fsp3) is 0.240. The molecule has 3 atom stereocenters. The summed E-state index contributed by atoms with van der Waals surface area (Å²) in [5.74, 6) is -1.85. The Morgan fingerprint density at radius 3 is 2.24 bits per heavy atom. The Kier molecular flexibility index (Phi) is 7.14. The molecule has 0 aliphatic carbocycles. The van der Waals surface area contributed by atoms with Crippen LogP contribution in [-0.4, -0.2) is 35.6 Å². The van der Waals surface area contributed by atoms with Crippen molar-refractivity contribution in [1.29, 1.82) is 0 Å². The summed E-state index contributed by atoms with van der Waals surface area (Å²) in [4.78, 5) is 13.3. The Bertz CT molecular complexity index is 1220. The van der Waals surface area contributed by atoms with Gasteiger partial charge in [0.2, 0.25) is 10.0 Å². The highest BCUT2D eigenvalue weighted by Crippen LogP contribution is 2.44. The first kappa shape index (κ1) is 23.8. The molecule has 8 heteroatoms. The molecule has 0 saturated carbocycles. The van der Waals surface area contributed by atoms with E-state index < -0.39 is 28.0 Å². The molecule has 4 rings (SSSR count). The molecule has 0 amide bonds. The van der Waals surface area contributed by atoms with Crippen LogP contribution in [-0.2, 0) is 14.8 Å². The van der Waals surface area contributed by atoms with Crippen LogP contribution in [0.4, 0.5) is 0 Å². The Morgan fingerprint density at radius 2 is 1.64 bits per heavy atom. The number of thioether (sulfide) groups is 1. The SMILES string of the molecule is Cc1ccc([C@@H]2C[C@@H](Sc3ccccc3)[C@H](C(=O)O)CN2S(=O)(=O)c2ccc(Cl)cc2)cc1. The van der Waals surface area contributed by atoms with Gasteiger partial charge in [0.05, 0.1) is 16.9 Å². The molecule has 0 aromatic heterocycles. The van der Waals surface area contributed by atoms with Crippen LogP contribution in [0.2, 0.25) is 5.02 Å². The van der Waals surface area contributed by atoms with E-state index in [1.807, 2.05) is 61.5 Å². The number of halogens is 1. The normalized spacial score (nSPS) is 21.6. The number of piperidine rings is 1. The van der Waals surface area contributed by atoms with Crippen molar-refractivity contribution in [3.8, 4) is 0 Å². The standard InChI is InChI=1S/C25H24ClNO4S2/c1-17-7-9-18(10-8-17)23-15-24(32-20-5-3-2-4-6-20)22(25(28)29)16-27(23)33(30,31)21-13-11-19(26)12-14-21/h2-14,22-24H,15-16H2,1H3,(H,28,29)/t22-,23+,24-/m1/s1. The summed E-state index contributed by atoms with van der Waals surface area (Å²) < 4.78 is 28.7. The molecule has 1 aliphatic heterocycles. The molecule has 0 bridgehead atoms. The molecule has 3 aromatic carbocycles. The van der Waals surface area contributed by atoms with Crippen molar-refractivity contribution in [1.82, 2.24) is 4.31 Å². The smallest absolute Gasteiger partial charge is 0.308 e. The van der Waals surface area contributed by atoms with Crippen molar-refractivity contribution in [2.75, 3.05) is 6.54 Å². The first-order valence-corrected chi connectivity index (χ1v) is 13.2. The highest BCUT2D eigenvalue weighted by Gasteiger charge is 2.45. The van der Waals surface area contributed by atoms with Crippen molar-refractivity contribution in [3.63, 3.8) is 0 Å². The summed E-state index contributed by atoms with van der Waals surface area (Å²) >= 11 is 7.45. The Hall–Kier alpha value is -2.32. The molecule has 172 valence electrons. The van der Waals surface area contributed by atoms with E-state index in [9.17, 15) is 18.3 Å². The third-order valence-electron chi connectivity index (χ3n) is 5.86. The van der Waals surface area contributed by atoms with Crippen molar-refractivity contribution in [2.45, 2.75) is 34.4 Å². The predicted octanol–water partition coefficient (Wildman–Crippen LogP) is 5.65. The van der Waals surface area contributed by atoms with Crippen molar-refractivity contribution >= 4 is 39.4 Å². The van der Waals surface area contributed by atoms with Gasteiger partial charge in [-0.2, -0.15) is 4.31 Å². The van der Waals surface area contributed by atoms with Gasteiger partial charge in [0.15, 0.2) is 0 Å². The summed E-state index contributed by atoms with van der Waals surface area (Å²) in [7, 11) is -3.95. The maximum absolute atomic E-state index is 13.7. The number of aliphatic carboxylic acids is 1. The van der Waals surface area contributed by atoms with Crippen LogP contribution in [0.25, 0.3) is 0 Å². The molecule has 33 heavy (non-hydrogen) atoms. The fourth-order valence-corrected chi connectivity index (χ4v) is 7.17. The Morgan fingerprint density at radius 1 is 1.00 bits per heavy atom. The van der Waals surface area contributed by atoms with Gasteiger partial charge in [0.25, 0.3) is 0 Å².